The second-order valence-electron chi connectivity index (χ2n) is 7.32. The number of carbonyl (C=O) groups excluding carboxylic acids is 4. The van der Waals surface area contributed by atoms with Crippen LogP contribution in [0.1, 0.15) is 24.8 Å². The molecule has 0 aliphatic carbocycles. The van der Waals surface area contributed by atoms with E-state index in [9.17, 15) is 24.0 Å². The van der Waals surface area contributed by atoms with Gasteiger partial charge in [0.25, 0.3) is 0 Å². The smallest absolute Gasteiger partial charge is 0.322 e. The first-order chi connectivity index (χ1) is 15.6. The van der Waals surface area contributed by atoms with E-state index in [1.165, 1.54) is 11.8 Å². The van der Waals surface area contributed by atoms with Gasteiger partial charge in [-0.2, -0.15) is 11.8 Å². The Hall–Kier alpha value is -3.12. The second kappa shape index (κ2) is 14.9. The lowest BCUT2D eigenvalue weighted by Crippen LogP contribution is -2.56. The molecule has 0 saturated carbocycles. The van der Waals surface area contributed by atoms with Gasteiger partial charge in [-0.3, -0.25) is 24.0 Å². The number of hydrogen-bond donors (Lipinski definition) is 6. The van der Waals surface area contributed by atoms with Crippen molar-refractivity contribution in [3.63, 3.8) is 0 Å². The number of carboxylic acid groups (broad SMARTS) is 1. The number of nitrogens with two attached hydrogens (primary N) is 2. The van der Waals surface area contributed by atoms with Crippen LogP contribution in [0, 0.1) is 0 Å². The third-order valence-electron chi connectivity index (χ3n) is 4.61. The van der Waals surface area contributed by atoms with Crippen molar-refractivity contribution in [3.8, 4) is 0 Å². The van der Waals surface area contributed by atoms with E-state index in [0.717, 1.165) is 5.56 Å². The number of amides is 4. The molecule has 0 fully saturated rings. The zero-order chi connectivity index (χ0) is 24.8. The van der Waals surface area contributed by atoms with Crippen molar-refractivity contribution in [2.75, 3.05) is 18.6 Å². The average Bonchev–Trinajstić information content (AvgIpc) is 2.77. The molecule has 3 unspecified atom stereocenters. The van der Waals surface area contributed by atoms with Gasteiger partial charge in [0.1, 0.15) is 18.6 Å². The third-order valence-corrected chi connectivity index (χ3v) is 5.25. The highest BCUT2D eigenvalue weighted by atomic mass is 32.2. The highest BCUT2D eigenvalue weighted by molar-refractivity contribution is 7.98. The first-order valence-electron chi connectivity index (χ1n) is 10.3. The minimum atomic E-state index is -1.22. The van der Waals surface area contributed by atoms with Crippen LogP contribution in [-0.4, -0.2) is 71.4 Å². The minimum absolute atomic E-state index is 0.0864. The Balaban J connectivity index is 2.87. The fourth-order valence-electron chi connectivity index (χ4n) is 2.86. The summed E-state index contributed by atoms with van der Waals surface area (Å²) in [4.78, 5) is 59.8. The Kier molecular flexibility index (Phi) is 12.6. The summed E-state index contributed by atoms with van der Waals surface area (Å²) in [6.45, 7) is -0.597. The van der Waals surface area contributed by atoms with Crippen LogP contribution in [-0.2, 0) is 30.4 Å². The van der Waals surface area contributed by atoms with Gasteiger partial charge < -0.3 is 32.5 Å². The van der Waals surface area contributed by atoms with Crippen LogP contribution in [0.4, 0.5) is 0 Å². The number of benzene rings is 1. The fraction of sp³-hybridized carbons (Fsp3) is 0.476. The van der Waals surface area contributed by atoms with Crippen molar-refractivity contribution < 1.29 is 29.1 Å². The van der Waals surface area contributed by atoms with Gasteiger partial charge in [-0.15, -0.1) is 0 Å². The Morgan fingerprint density at radius 1 is 0.970 bits per heavy atom. The predicted molar refractivity (Wildman–Crippen MR) is 124 cm³/mol. The molecule has 0 spiro atoms. The Bertz CT molecular complexity index is 823. The molecule has 0 aliphatic heterocycles. The number of carbonyl (C=O) groups is 5. The molecular weight excluding hydrogens is 450 g/mol. The molecule has 0 aromatic heterocycles. The van der Waals surface area contributed by atoms with Crippen molar-refractivity contribution in [2.24, 2.45) is 11.5 Å². The number of aliphatic carboxylic acids is 1. The van der Waals surface area contributed by atoms with E-state index in [0.29, 0.717) is 5.75 Å². The molecule has 1 aromatic carbocycles. The van der Waals surface area contributed by atoms with E-state index in [2.05, 4.69) is 16.0 Å². The molecule has 4 amide bonds. The van der Waals surface area contributed by atoms with Crippen LogP contribution in [0.25, 0.3) is 0 Å². The summed E-state index contributed by atoms with van der Waals surface area (Å²) < 4.78 is 0. The number of primary amides is 1. The average molecular weight is 482 g/mol. The van der Waals surface area contributed by atoms with Gasteiger partial charge in [0.05, 0.1) is 6.04 Å². The molecule has 3 atom stereocenters. The number of carboxylic acids is 1. The molecular formula is C21H31N5O6S. The van der Waals surface area contributed by atoms with E-state index in [1.54, 1.807) is 0 Å². The third kappa shape index (κ3) is 11.3. The fourth-order valence-corrected chi connectivity index (χ4v) is 3.33. The van der Waals surface area contributed by atoms with Gasteiger partial charge in [-0.25, -0.2) is 0 Å². The summed E-state index contributed by atoms with van der Waals surface area (Å²) in [5.41, 5.74) is 12.0. The van der Waals surface area contributed by atoms with Gasteiger partial charge >= 0.3 is 5.97 Å². The highest BCUT2D eigenvalue weighted by Gasteiger charge is 2.28. The van der Waals surface area contributed by atoms with Gasteiger partial charge in [0.2, 0.25) is 23.6 Å². The van der Waals surface area contributed by atoms with Crippen molar-refractivity contribution in [3.05, 3.63) is 35.9 Å². The molecule has 0 radical (unpaired) electrons. The predicted octanol–water partition coefficient (Wildman–Crippen LogP) is -1.25. The van der Waals surface area contributed by atoms with Crippen LogP contribution < -0.4 is 27.4 Å². The van der Waals surface area contributed by atoms with Crippen LogP contribution in [0.15, 0.2) is 30.3 Å². The monoisotopic (exact) mass is 481 g/mol. The number of rotatable bonds is 15. The molecule has 0 heterocycles. The molecule has 1 aromatic rings. The van der Waals surface area contributed by atoms with Crippen molar-refractivity contribution in [1.29, 1.82) is 0 Å². The molecule has 182 valence electrons. The molecule has 0 saturated heterocycles. The van der Waals surface area contributed by atoms with E-state index >= 15 is 0 Å². The first-order valence-corrected chi connectivity index (χ1v) is 11.7. The lowest BCUT2D eigenvalue weighted by atomic mass is 10.0. The Morgan fingerprint density at radius 2 is 1.58 bits per heavy atom. The van der Waals surface area contributed by atoms with E-state index in [1.807, 2.05) is 36.6 Å². The lowest BCUT2D eigenvalue weighted by Gasteiger charge is -2.24. The SMILES string of the molecule is CSCCC(NC(=O)C(CCC(N)=O)NC(=O)C(N)Cc1ccccc1)C(=O)NCC(=O)O. The number of nitrogens with one attached hydrogen (secondary N) is 3. The summed E-state index contributed by atoms with van der Waals surface area (Å²) in [6, 6.07) is 5.97. The van der Waals surface area contributed by atoms with Gasteiger partial charge in [0, 0.05) is 6.42 Å². The number of hydrogen-bond acceptors (Lipinski definition) is 7. The molecule has 0 bridgehead atoms. The topological polar surface area (TPSA) is 194 Å². The first kappa shape index (κ1) is 27.9. The van der Waals surface area contributed by atoms with E-state index in [4.69, 9.17) is 16.6 Å². The molecule has 33 heavy (non-hydrogen) atoms. The van der Waals surface area contributed by atoms with Crippen LogP contribution >= 0.6 is 11.8 Å². The summed E-state index contributed by atoms with van der Waals surface area (Å²) in [6.07, 6.45) is 2.04. The van der Waals surface area contributed by atoms with Crippen molar-refractivity contribution in [1.82, 2.24) is 16.0 Å². The van der Waals surface area contributed by atoms with Crippen LogP contribution in [0.5, 0.6) is 0 Å². The maximum atomic E-state index is 12.9. The molecule has 0 aliphatic rings. The molecule has 1 rings (SSSR count). The molecule has 12 heteroatoms. The normalized spacial score (nSPS) is 13.3. The second-order valence-corrected chi connectivity index (χ2v) is 8.30. The van der Waals surface area contributed by atoms with Gasteiger partial charge in [-0.1, -0.05) is 30.3 Å². The van der Waals surface area contributed by atoms with E-state index in [-0.39, 0.29) is 25.7 Å². The largest absolute Gasteiger partial charge is 0.480 e. The van der Waals surface area contributed by atoms with Crippen LogP contribution in [0.3, 0.4) is 0 Å². The van der Waals surface area contributed by atoms with Gasteiger partial charge in [-0.05, 0) is 36.8 Å². The molecule has 11 nitrogen and oxygen atoms in total. The Labute approximate surface area is 196 Å². The summed E-state index contributed by atoms with van der Waals surface area (Å²) in [5.74, 6) is -3.33. The summed E-state index contributed by atoms with van der Waals surface area (Å²) in [7, 11) is 0. The van der Waals surface area contributed by atoms with Crippen molar-refractivity contribution in [2.45, 2.75) is 43.8 Å². The lowest BCUT2D eigenvalue weighted by molar-refractivity contribution is -0.138. The van der Waals surface area contributed by atoms with Crippen molar-refractivity contribution >= 4 is 41.4 Å². The standard InChI is InChI=1S/C21H31N5O6S/c1-33-10-9-16(20(31)24-12-18(28)29)26-21(32)15(7-8-17(23)27)25-19(30)14(22)11-13-5-3-2-4-6-13/h2-6,14-16H,7-12,22H2,1H3,(H2,23,27)(H,24,31)(H,25,30)(H,26,32)(H,28,29). The highest BCUT2D eigenvalue weighted by Crippen LogP contribution is 2.06. The maximum Gasteiger partial charge on any atom is 0.322 e. The minimum Gasteiger partial charge on any atom is -0.480 e. The maximum absolute atomic E-state index is 12.9. The Morgan fingerprint density at radius 3 is 2.15 bits per heavy atom. The zero-order valence-corrected chi connectivity index (χ0v) is 19.2. The summed E-state index contributed by atoms with van der Waals surface area (Å²) in [5, 5.41) is 16.0. The van der Waals surface area contributed by atoms with Gasteiger partial charge in [0.15, 0.2) is 0 Å². The van der Waals surface area contributed by atoms with Crippen LogP contribution in [0.2, 0.25) is 0 Å². The van der Waals surface area contributed by atoms with E-state index < -0.39 is 54.3 Å². The quantitative estimate of drug-likeness (QED) is 0.179. The summed E-state index contributed by atoms with van der Waals surface area (Å²) >= 11 is 1.44. The zero-order valence-electron chi connectivity index (χ0n) is 18.4. The number of thioether (sulfide) groups is 1. The molecule has 8 N–H and O–H groups in total.